The molecule has 4 rings (SSSR count). The number of rotatable bonds is 6. The summed E-state index contributed by atoms with van der Waals surface area (Å²) in [5.74, 6) is -0.0593. The number of carbonyl (C=O) groups is 2. The van der Waals surface area contributed by atoms with Crippen LogP contribution in [0.3, 0.4) is 0 Å². The monoisotopic (exact) mass is 439 g/mol. The van der Waals surface area contributed by atoms with Crippen molar-refractivity contribution >= 4 is 22.7 Å². The van der Waals surface area contributed by atoms with Crippen molar-refractivity contribution in [2.24, 2.45) is 0 Å². The molecule has 0 unspecified atom stereocenters. The highest BCUT2D eigenvalue weighted by molar-refractivity contribution is 6.06. The van der Waals surface area contributed by atoms with Gasteiger partial charge in [0.05, 0.1) is 23.9 Å². The Labute approximate surface area is 193 Å². The van der Waals surface area contributed by atoms with Crippen molar-refractivity contribution in [2.45, 2.75) is 20.8 Å². The third-order valence-corrected chi connectivity index (χ3v) is 5.73. The number of hydrogen-bond donors (Lipinski definition) is 0. The van der Waals surface area contributed by atoms with Crippen molar-refractivity contribution in [2.75, 3.05) is 13.7 Å². The molecular weight excluding hydrogens is 414 g/mol. The SMILES string of the molecule is COc1ccc(-c2cc(C(=O)OCC(=O)c3ccc(C)c(C)c3)c3cc(C)ccc3n2)cc1. The first-order chi connectivity index (χ1) is 15.9. The maximum absolute atomic E-state index is 13.1. The van der Waals surface area contributed by atoms with Gasteiger partial charge in [-0.05, 0) is 80.4 Å². The highest BCUT2D eigenvalue weighted by Crippen LogP contribution is 2.27. The van der Waals surface area contributed by atoms with E-state index in [-0.39, 0.29) is 12.4 Å². The average Bonchev–Trinajstić information content (AvgIpc) is 2.83. The van der Waals surface area contributed by atoms with Crippen LogP contribution in [0, 0.1) is 20.8 Å². The first-order valence-corrected chi connectivity index (χ1v) is 10.7. The minimum Gasteiger partial charge on any atom is -0.497 e. The molecule has 5 heteroatoms. The molecule has 0 bridgehead atoms. The first kappa shape index (κ1) is 22.2. The van der Waals surface area contributed by atoms with Crippen molar-refractivity contribution < 1.29 is 19.1 Å². The number of aromatic nitrogens is 1. The number of benzene rings is 3. The van der Waals surface area contributed by atoms with Crippen LogP contribution in [0.1, 0.15) is 37.4 Å². The number of ether oxygens (including phenoxy) is 2. The van der Waals surface area contributed by atoms with E-state index >= 15 is 0 Å². The number of ketones is 1. The largest absolute Gasteiger partial charge is 0.497 e. The second-order valence-electron chi connectivity index (χ2n) is 8.10. The molecule has 1 aromatic heterocycles. The Morgan fingerprint density at radius 2 is 1.61 bits per heavy atom. The van der Waals surface area contributed by atoms with Crippen LogP contribution in [0.4, 0.5) is 0 Å². The number of carbonyl (C=O) groups excluding carboxylic acids is 2. The zero-order valence-electron chi connectivity index (χ0n) is 19.1. The summed E-state index contributed by atoms with van der Waals surface area (Å²) in [5, 5.41) is 0.691. The lowest BCUT2D eigenvalue weighted by Gasteiger charge is -2.11. The predicted molar refractivity (Wildman–Crippen MR) is 129 cm³/mol. The standard InChI is InChI=1S/C28H25NO4/c1-17-5-12-25-23(13-17)24(15-26(29-25)20-8-10-22(32-4)11-9-20)28(31)33-16-27(30)21-7-6-18(2)19(3)14-21/h5-15H,16H2,1-4H3. The third kappa shape index (κ3) is 4.77. The molecule has 4 aromatic rings. The molecule has 0 saturated carbocycles. The summed E-state index contributed by atoms with van der Waals surface area (Å²) in [4.78, 5) is 30.4. The molecule has 0 saturated heterocycles. The van der Waals surface area contributed by atoms with E-state index < -0.39 is 5.97 Å². The molecule has 33 heavy (non-hydrogen) atoms. The van der Waals surface area contributed by atoms with Gasteiger partial charge in [0, 0.05) is 16.5 Å². The lowest BCUT2D eigenvalue weighted by atomic mass is 10.0. The second kappa shape index (κ2) is 9.25. The molecule has 166 valence electrons. The number of pyridine rings is 1. The Bertz CT molecular complexity index is 1360. The van der Waals surface area contributed by atoms with E-state index in [1.165, 1.54) is 0 Å². The lowest BCUT2D eigenvalue weighted by Crippen LogP contribution is -2.15. The molecule has 0 fully saturated rings. The van der Waals surface area contributed by atoms with Crippen LogP contribution >= 0.6 is 0 Å². The summed E-state index contributed by atoms with van der Waals surface area (Å²) in [6.07, 6.45) is 0. The Morgan fingerprint density at radius 3 is 2.30 bits per heavy atom. The molecule has 1 heterocycles. The maximum Gasteiger partial charge on any atom is 0.339 e. The number of Topliss-reactive ketones (excluding diaryl/α,β-unsaturated/α-hetero) is 1. The van der Waals surface area contributed by atoms with E-state index in [1.54, 1.807) is 19.2 Å². The van der Waals surface area contributed by atoms with Gasteiger partial charge < -0.3 is 9.47 Å². The smallest absolute Gasteiger partial charge is 0.339 e. The van der Waals surface area contributed by atoms with E-state index in [0.29, 0.717) is 27.7 Å². The van der Waals surface area contributed by atoms with Gasteiger partial charge in [0.1, 0.15) is 5.75 Å². The molecule has 5 nitrogen and oxygen atoms in total. The van der Waals surface area contributed by atoms with E-state index in [9.17, 15) is 9.59 Å². The van der Waals surface area contributed by atoms with Gasteiger partial charge in [0.15, 0.2) is 12.4 Å². The zero-order valence-corrected chi connectivity index (χ0v) is 19.1. The van der Waals surface area contributed by atoms with Crippen LogP contribution in [-0.4, -0.2) is 30.5 Å². The van der Waals surface area contributed by atoms with Gasteiger partial charge in [-0.15, -0.1) is 0 Å². The second-order valence-corrected chi connectivity index (χ2v) is 8.10. The molecular formula is C28H25NO4. The molecule has 0 radical (unpaired) electrons. The van der Waals surface area contributed by atoms with Gasteiger partial charge in [-0.2, -0.15) is 0 Å². The third-order valence-electron chi connectivity index (χ3n) is 5.73. The van der Waals surface area contributed by atoms with Gasteiger partial charge in [-0.3, -0.25) is 4.79 Å². The first-order valence-electron chi connectivity index (χ1n) is 10.7. The number of aryl methyl sites for hydroxylation is 3. The molecule has 0 atom stereocenters. The Hall–Kier alpha value is -3.99. The topological polar surface area (TPSA) is 65.5 Å². The van der Waals surface area contributed by atoms with Crippen LogP contribution in [0.15, 0.2) is 66.7 Å². The van der Waals surface area contributed by atoms with Gasteiger partial charge in [0.25, 0.3) is 0 Å². The highest BCUT2D eigenvalue weighted by Gasteiger charge is 2.18. The average molecular weight is 440 g/mol. The quantitative estimate of drug-likeness (QED) is 0.277. The normalized spacial score (nSPS) is 10.8. The van der Waals surface area contributed by atoms with E-state index in [1.807, 2.05) is 75.4 Å². The zero-order chi connectivity index (χ0) is 23.5. The van der Waals surface area contributed by atoms with E-state index in [2.05, 4.69) is 0 Å². The fourth-order valence-corrected chi connectivity index (χ4v) is 3.63. The van der Waals surface area contributed by atoms with Crippen LogP contribution in [0.25, 0.3) is 22.2 Å². The van der Waals surface area contributed by atoms with Crippen LogP contribution in [0.2, 0.25) is 0 Å². The van der Waals surface area contributed by atoms with Crippen molar-refractivity contribution in [3.8, 4) is 17.0 Å². The summed E-state index contributed by atoms with van der Waals surface area (Å²) in [5.41, 5.74) is 6.20. The highest BCUT2D eigenvalue weighted by atomic mass is 16.5. The fraction of sp³-hybridized carbons (Fsp3) is 0.179. The molecule has 0 aliphatic heterocycles. The Morgan fingerprint density at radius 1 is 0.848 bits per heavy atom. The summed E-state index contributed by atoms with van der Waals surface area (Å²) in [6, 6.07) is 20.4. The number of esters is 1. The Kier molecular flexibility index (Phi) is 6.22. The summed E-state index contributed by atoms with van der Waals surface area (Å²) >= 11 is 0. The van der Waals surface area contributed by atoms with Crippen molar-refractivity contribution in [3.05, 3.63) is 94.5 Å². The number of methoxy groups -OCH3 is 1. The molecule has 0 N–H and O–H groups in total. The van der Waals surface area contributed by atoms with Gasteiger partial charge in [-0.1, -0.05) is 23.8 Å². The van der Waals surface area contributed by atoms with Gasteiger partial charge >= 0.3 is 5.97 Å². The predicted octanol–water partition coefficient (Wildman–Crippen LogP) is 5.88. The molecule has 0 aliphatic carbocycles. The number of nitrogens with zero attached hydrogens (tertiary/aromatic N) is 1. The molecule has 0 aliphatic rings. The maximum atomic E-state index is 13.1. The minimum absolute atomic E-state index is 0.239. The number of hydrogen-bond acceptors (Lipinski definition) is 5. The van der Waals surface area contributed by atoms with Crippen molar-refractivity contribution in [1.29, 1.82) is 0 Å². The summed E-state index contributed by atoms with van der Waals surface area (Å²) in [6.45, 7) is 5.56. The van der Waals surface area contributed by atoms with Crippen LogP contribution in [-0.2, 0) is 4.74 Å². The van der Waals surface area contributed by atoms with Gasteiger partial charge in [-0.25, -0.2) is 9.78 Å². The lowest BCUT2D eigenvalue weighted by molar-refractivity contribution is 0.0476. The van der Waals surface area contributed by atoms with Crippen molar-refractivity contribution in [3.63, 3.8) is 0 Å². The van der Waals surface area contributed by atoms with Crippen molar-refractivity contribution in [1.82, 2.24) is 4.98 Å². The minimum atomic E-state index is -0.556. The Balaban J connectivity index is 1.65. The summed E-state index contributed by atoms with van der Waals surface area (Å²) < 4.78 is 10.7. The van der Waals surface area contributed by atoms with Crippen LogP contribution in [0.5, 0.6) is 5.75 Å². The van der Waals surface area contributed by atoms with E-state index in [4.69, 9.17) is 14.5 Å². The molecule has 0 amide bonds. The summed E-state index contributed by atoms with van der Waals surface area (Å²) in [7, 11) is 1.61. The fourth-order valence-electron chi connectivity index (χ4n) is 3.63. The molecule has 3 aromatic carbocycles. The van der Waals surface area contributed by atoms with Crippen LogP contribution < -0.4 is 4.74 Å². The van der Waals surface area contributed by atoms with E-state index in [0.717, 1.165) is 28.0 Å². The molecule has 0 spiro atoms. The van der Waals surface area contributed by atoms with Gasteiger partial charge in [0.2, 0.25) is 0 Å². The number of fused-ring (bicyclic) bond motifs is 1.